The van der Waals surface area contributed by atoms with E-state index in [9.17, 15) is 9.90 Å². The third-order valence-corrected chi connectivity index (χ3v) is 3.64. The van der Waals surface area contributed by atoms with E-state index in [1.165, 1.54) is 11.3 Å². The molecule has 19 heavy (non-hydrogen) atoms. The number of hydrogen-bond acceptors (Lipinski definition) is 5. The molecule has 7 heteroatoms. The van der Waals surface area contributed by atoms with Gasteiger partial charge in [-0.2, -0.15) is 0 Å². The van der Waals surface area contributed by atoms with E-state index in [1.54, 1.807) is 0 Å². The molecule has 0 fully saturated rings. The molecule has 0 saturated heterocycles. The van der Waals surface area contributed by atoms with Crippen molar-refractivity contribution in [2.75, 3.05) is 24.5 Å². The maximum atomic E-state index is 11.7. The van der Waals surface area contributed by atoms with Gasteiger partial charge in [0, 0.05) is 24.7 Å². The summed E-state index contributed by atoms with van der Waals surface area (Å²) in [5.41, 5.74) is 0.724. The van der Waals surface area contributed by atoms with Gasteiger partial charge in [-0.3, -0.25) is 9.20 Å². The van der Waals surface area contributed by atoms with Gasteiger partial charge >= 0.3 is 0 Å². The standard InChI is InChI=1S/C12H18N4O2S/c1-3-13-10(18)7-15(4-2)11-9(8-17)16-5-6-19-12(16)14-11/h5-6,17H,3-4,7-8H2,1-2H3,(H,13,18). The minimum atomic E-state index is -0.0981. The van der Waals surface area contributed by atoms with Crippen molar-refractivity contribution < 1.29 is 9.90 Å². The third-order valence-electron chi connectivity index (χ3n) is 2.88. The summed E-state index contributed by atoms with van der Waals surface area (Å²) in [6.07, 6.45) is 1.88. The van der Waals surface area contributed by atoms with Crippen LogP contribution >= 0.6 is 11.3 Å². The lowest BCUT2D eigenvalue weighted by Crippen LogP contribution is -2.37. The van der Waals surface area contributed by atoms with Crippen LogP contribution in [-0.4, -0.2) is 40.0 Å². The summed E-state index contributed by atoms with van der Waals surface area (Å²) in [5.74, 6) is 0.646. The van der Waals surface area contributed by atoms with Crippen molar-refractivity contribution in [3.63, 3.8) is 0 Å². The molecule has 2 rings (SSSR count). The van der Waals surface area contributed by atoms with Gasteiger partial charge in [-0.05, 0) is 13.8 Å². The van der Waals surface area contributed by atoms with Crippen molar-refractivity contribution in [1.29, 1.82) is 0 Å². The molecule has 0 aromatic carbocycles. The number of amides is 1. The van der Waals surface area contributed by atoms with Gasteiger partial charge in [0.05, 0.1) is 18.8 Å². The molecule has 0 aliphatic heterocycles. The quantitative estimate of drug-likeness (QED) is 0.824. The Balaban J connectivity index is 2.29. The highest BCUT2D eigenvalue weighted by atomic mass is 32.1. The number of anilines is 1. The third kappa shape index (κ3) is 2.71. The number of carbonyl (C=O) groups excluding carboxylic acids is 1. The van der Waals surface area contributed by atoms with Crippen LogP contribution in [0.4, 0.5) is 5.82 Å². The van der Waals surface area contributed by atoms with E-state index in [1.807, 2.05) is 34.7 Å². The minimum absolute atomic E-state index is 0.0374. The molecule has 0 radical (unpaired) electrons. The molecular weight excluding hydrogens is 264 g/mol. The van der Waals surface area contributed by atoms with Crippen molar-refractivity contribution in [2.45, 2.75) is 20.5 Å². The zero-order valence-corrected chi connectivity index (χ0v) is 11.9. The second-order valence-electron chi connectivity index (χ2n) is 4.06. The lowest BCUT2D eigenvalue weighted by Gasteiger charge is -2.20. The summed E-state index contributed by atoms with van der Waals surface area (Å²) in [6.45, 7) is 5.28. The van der Waals surface area contributed by atoms with Crippen molar-refractivity contribution in [2.24, 2.45) is 0 Å². The van der Waals surface area contributed by atoms with Crippen LogP contribution in [0.5, 0.6) is 0 Å². The van der Waals surface area contributed by atoms with E-state index < -0.39 is 0 Å². The highest BCUT2D eigenvalue weighted by Crippen LogP contribution is 2.24. The number of carbonyl (C=O) groups is 1. The highest BCUT2D eigenvalue weighted by molar-refractivity contribution is 7.15. The normalized spacial score (nSPS) is 10.9. The zero-order chi connectivity index (χ0) is 13.8. The summed E-state index contributed by atoms with van der Waals surface area (Å²) in [5, 5.41) is 14.2. The summed E-state index contributed by atoms with van der Waals surface area (Å²) >= 11 is 1.51. The van der Waals surface area contributed by atoms with Crippen molar-refractivity contribution in [1.82, 2.24) is 14.7 Å². The topological polar surface area (TPSA) is 69.9 Å². The number of aliphatic hydroxyl groups is 1. The van der Waals surface area contributed by atoms with Crippen LogP contribution in [0.25, 0.3) is 4.96 Å². The number of nitrogens with zero attached hydrogens (tertiary/aromatic N) is 3. The Bertz CT molecular complexity index is 563. The van der Waals surface area contributed by atoms with Crippen LogP contribution in [0.3, 0.4) is 0 Å². The smallest absolute Gasteiger partial charge is 0.239 e. The average molecular weight is 282 g/mol. The zero-order valence-electron chi connectivity index (χ0n) is 11.1. The predicted octanol–water partition coefficient (Wildman–Crippen LogP) is 0.851. The van der Waals surface area contributed by atoms with E-state index in [2.05, 4.69) is 10.3 Å². The number of aromatic nitrogens is 2. The molecule has 6 nitrogen and oxygen atoms in total. The van der Waals surface area contributed by atoms with E-state index in [0.29, 0.717) is 18.9 Å². The Labute approximate surface area is 115 Å². The summed E-state index contributed by atoms with van der Waals surface area (Å²) in [4.78, 5) is 18.9. The molecule has 1 amide bonds. The molecule has 0 saturated carbocycles. The Kier molecular flexibility index (Phi) is 4.39. The fraction of sp³-hybridized carbons (Fsp3) is 0.500. The minimum Gasteiger partial charge on any atom is -0.390 e. The van der Waals surface area contributed by atoms with Crippen molar-refractivity contribution >= 4 is 28.0 Å². The van der Waals surface area contributed by atoms with Crippen LogP contribution in [0.1, 0.15) is 19.5 Å². The van der Waals surface area contributed by atoms with Gasteiger partial charge in [0.15, 0.2) is 10.8 Å². The number of aliphatic hydroxyl groups excluding tert-OH is 1. The van der Waals surface area contributed by atoms with Crippen LogP contribution in [0.2, 0.25) is 0 Å². The molecule has 104 valence electrons. The molecule has 2 aromatic heterocycles. The van der Waals surface area contributed by atoms with Gasteiger partial charge in [0.2, 0.25) is 5.91 Å². The van der Waals surface area contributed by atoms with Crippen LogP contribution < -0.4 is 10.2 Å². The fourth-order valence-electron chi connectivity index (χ4n) is 1.98. The van der Waals surface area contributed by atoms with Crippen LogP contribution in [-0.2, 0) is 11.4 Å². The monoisotopic (exact) mass is 282 g/mol. The first-order chi connectivity index (χ1) is 9.21. The predicted molar refractivity (Wildman–Crippen MR) is 75.6 cm³/mol. The summed E-state index contributed by atoms with van der Waals surface area (Å²) in [6, 6.07) is 0. The molecule has 0 aliphatic rings. The molecule has 0 bridgehead atoms. The number of fused-ring (bicyclic) bond motifs is 1. The van der Waals surface area contributed by atoms with E-state index in [-0.39, 0.29) is 19.1 Å². The molecule has 0 atom stereocenters. The molecule has 2 aromatic rings. The van der Waals surface area contributed by atoms with Crippen LogP contribution in [0.15, 0.2) is 11.6 Å². The largest absolute Gasteiger partial charge is 0.390 e. The average Bonchev–Trinajstić information content (AvgIpc) is 2.96. The van der Waals surface area contributed by atoms with E-state index in [0.717, 1.165) is 10.7 Å². The number of nitrogens with one attached hydrogen (secondary N) is 1. The second-order valence-corrected chi connectivity index (χ2v) is 4.94. The van der Waals surface area contributed by atoms with Crippen LogP contribution in [0, 0.1) is 0 Å². The lowest BCUT2D eigenvalue weighted by atomic mass is 10.3. The lowest BCUT2D eigenvalue weighted by molar-refractivity contribution is -0.119. The number of hydrogen-bond donors (Lipinski definition) is 2. The summed E-state index contributed by atoms with van der Waals surface area (Å²) in [7, 11) is 0. The Hall–Kier alpha value is -1.60. The van der Waals surface area contributed by atoms with Gasteiger partial charge in [-0.25, -0.2) is 4.98 Å². The Morgan fingerprint density at radius 3 is 3.00 bits per heavy atom. The molecule has 0 unspecified atom stereocenters. The fourth-order valence-corrected chi connectivity index (χ4v) is 2.71. The first-order valence-corrected chi connectivity index (χ1v) is 7.16. The Morgan fingerprint density at radius 2 is 2.37 bits per heavy atom. The molecule has 2 N–H and O–H groups in total. The number of imidazole rings is 1. The second kappa shape index (κ2) is 6.03. The number of rotatable bonds is 6. The molecule has 0 spiro atoms. The van der Waals surface area contributed by atoms with E-state index in [4.69, 9.17) is 0 Å². The maximum Gasteiger partial charge on any atom is 0.239 e. The molecule has 2 heterocycles. The number of likely N-dealkylation sites (N-methyl/N-ethyl adjacent to an activating group) is 2. The van der Waals surface area contributed by atoms with Gasteiger partial charge in [-0.15, -0.1) is 11.3 Å². The van der Waals surface area contributed by atoms with Gasteiger partial charge in [0.25, 0.3) is 0 Å². The first kappa shape index (κ1) is 13.8. The number of thiazole rings is 1. The maximum absolute atomic E-state index is 11.7. The van der Waals surface area contributed by atoms with Gasteiger partial charge in [0.1, 0.15) is 0 Å². The molecule has 0 aliphatic carbocycles. The first-order valence-electron chi connectivity index (χ1n) is 6.28. The van der Waals surface area contributed by atoms with Gasteiger partial charge in [-0.1, -0.05) is 0 Å². The van der Waals surface area contributed by atoms with Gasteiger partial charge < -0.3 is 15.3 Å². The molecular formula is C12H18N4O2S. The Morgan fingerprint density at radius 1 is 1.58 bits per heavy atom. The SMILES string of the molecule is CCNC(=O)CN(CC)c1nc2sccn2c1CO. The highest BCUT2D eigenvalue weighted by Gasteiger charge is 2.19. The van der Waals surface area contributed by atoms with Crippen molar-refractivity contribution in [3.05, 3.63) is 17.3 Å². The summed E-state index contributed by atoms with van der Waals surface area (Å²) < 4.78 is 1.86. The van der Waals surface area contributed by atoms with E-state index >= 15 is 0 Å². The van der Waals surface area contributed by atoms with Crippen molar-refractivity contribution in [3.8, 4) is 0 Å².